The molecule has 0 saturated heterocycles. The highest BCUT2D eigenvalue weighted by atomic mass is 15.1. The van der Waals surface area contributed by atoms with Gasteiger partial charge in [0.05, 0.1) is 45.9 Å². The summed E-state index contributed by atoms with van der Waals surface area (Å²) in [6.45, 7) is 0. The van der Waals surface area contributed by atoms with Crippen LogP contribution in [-0.4, -0.2) is 4.57 Å². The minimum Gasteiger partial charge on any atom is -0.310 e. The molecule has 5 aromatic carbocycles. The summed E-state index contributed by atoms with van der Waals surface area (Å²) in [6, 6.07) is 43.8. The highest BCUT2D eigenvalue weighted by molar-refractivity contribution is 6.09. The lowest BCUT2D eigenvalue weighted by atomic mass is 10.1. The lowest BCUT2D eigenvalue weighted by molar-refractivity contribution is 1.17. The molecule has 0 aliphatic heterocycles. The largest absolute Gasteiger partial charge is 0.310 e. The minimum atomic E-state index is 0.587. The Kier molecular flexibility index (Phi) is 5.55. The van der Waals surface area contributed by atoms with E-state index in [1.807, 2.05) is 66.7 Å². The molecule has 0 bridgehead atoms. The van der Waals surface area contributed by atoms with Crippen molar-refractivity contribution in [1.82, 2.24) is 4.57 Å². The van der Waals surface area contributed by atoms with E-state index in [0.717, 1.165) is 44.6 Å². The minimum absolute atomic E-state index is 0.587. The third-order valence-electron chi connectivity index (χ3n) is 6.66. The molecule has 0 atom stereocenters. The van der Waals surface area contributed by atoms with Crippen molar-refractivity contribution in [2.45, 2.75) is 0 Å². The van der Waals surface area contributed by atoms with E-state index in [9.17, 15) is 15.8 Å². The zero-order valence-corrected chi connectivity index (χ0v) is 20.2. The summed E-state index contributed by atoms with van der Waals surface area (Å²) in [4.78, 5) is 2.10. The second kappa shape index (κ2) is 9.32. The number of hydrogen-bond donors (Lipinski definition) is 0. The summed E-state index contributed by atoms with van der Waals surface area (Å²) in [7, 11) is 0. The van der Waals surface area contributed by atoms with Gasteiger partial charge in [0, 0.05) is 33.5 Å². The predicted octanol–water partition coefficient (Wildman–Crippen LogP) is 7.87. The molecule has 0 aliphatic rings. The summed E-state index contributed by atoms with van der Waals surface area (Å²) in [5.41, 5.74) is 7.57. The van der Waals surface area contributed by atoms with Crippen molar-refractivity contribution in [2.24, 2.45) is 0 Å². The van der Waals surface area contributed by atoms with Crippen LogP contribution in [0.3, 0.4) is 0 Å². The maximum Gasteiger partial charge on any atom is 0.0991 e. The lowest BCUT2D eigenvalue weighted by Gasteiger charge is -2.26. The van der Waals surface area contributed by atoms with Crippen LogP contribution in [0.15, 0.2) is 115 Å². The molecule has 0 N–H and O–H groups in total. The van der Waals surface area contributed by atoms with Gasteiger partial charge in [0.25, 0.3) is 0 Å². The van der Waals surface area contributed by atoms with Crippen molar-refractivity contribution in [3.8, 4) is 23.9 Å². The molecule has 5 nitrogen and oxygen atoms in total. The monoisotopic (exact) mass is 485 g/mol. The smallest absolute Gasteiger partial charge is 0.0991 e. The molecule has 6 rings (SSSR count). The Balaban J connectivity index is 1.56. The van der Waals surface area contributed by atoms with Gasteiger partial charge in [0.2, 0.25) is 0 Å². The lowest BCUT2D eigenvalue weighted by Crippen LogP contribution is -2.10. The van der Waals surface area contributed by atoms with Crippen LogP contribution < -0.4 is 4.90 Å². The van der Waals surface area contributed by atoms with Crippen molar-refractivity contribution in [2.75, 3.05) is 4.90 Å². The molecule has 0 amide bonds. The van der Waals surface area contributed by atoms with E-state index in [-0.39, 0.29) is 0 Å². The van der Waals surface area contributed by atoms with Gasteiger partial charge in [-0.1, -0.05) is 24.3 Å². The first kappa shape index (κ1) is 22.6. The standard InChI is InChI=1S/C33H19N5/c34-20-23-8-13-26(14-9-23)37(27-15-10-24(21-35)11-16-27)28-4-3-5-29(19-28)38-32-7-2-1-6-30(32)31-18-25(22-36)12-17-33(31)38/h1-19H. The third kappa shape index (κ3) is 3.80. The summed E-state index contributed by atoms with van der Waals surface area (Å²) in [5, 5.41) is 30.2. The van der Waals surface area contributed by atoms with Crippen molar-refractivity contribution in [3.05, 3.63) is 132 Å². The second-order valence-corrected chi connectivity index (χ2v) is 8.87. The van der Waals surface area contributed by atoms with E-state index < -0.39 is 0 Å². The first-order valence-electron chi connectivity index (χ1n) is 12.0. The van der Waals surface area contributed by atoms with Gasteiger partial charge >= 0.3 is 0 Å². The number of nitriles is 3. The van der Waals surface area contributed by atoms with Gasteiger partial charge in [-0.25, -0.2) is 0 Å². The second-order valence-electron chi connectivity index (χ2n) is 8.87. The van der Waals surface area contributed by atoms with Crippen molar-refractivity contribution in [3.63, 3.8) is 0 Å². The Hall–Kier alpha value is -5.83. The molecule has 6 aromatic rings. The fraction of sp³-hybridized carbons (Fsp3) is 0. The molecule has 0 saturated carbocycles. The molecule has 5 heteroatoms. The first-order chi connectivity index (χ1) is 18.7. The topological polar surface area (TPSA) is 79.5 Å². The molecule has 1 heterocycles. The SMILES string of the molecule is N#Cc1ccc(N(c2ccc(C#N)cc2)c2cccc(-n3c4ccccc4c4cc(C#N)ccc43)c2)cc1. The molecular weight excluding hydrogens is 466 g/mol. The van der Waals surface area contributed by atoms with Crippen LogP contribution in [0.5, 0.6) is 0 Å². The predicted molar refractivity (Wildman–Crippen MR) is 150 cm³/mol. The van der Waals surface area contributed by atoms with Crippen LogP contribution in [-0.2, 0) is 0 Å². The van der Waals surface area contributed by atoms with Gasteiger partial charge in [-0.3, -0.25) is 0 Å². The number of benzene rings is 5. The average molecular weight is 486 g/mol. The van der Waals surface area contributed by atoms with Crippen LogP contribution in [0.25, 0.3) is 27.5 Å². The van der Waals surface area contributed by atoms with Gasteiger partial charge in [-0.2, -0.15) is 15.8 Å². The number of fused-ring (bicyclic) bond motifs is 3. The number of anilines is 3. The summed E-state index contributed by atoms with van der Waals surface area (Å²) >= 11 is 0. The zero-order chi connectivity index (χ0) is 26.1. The van der Waals surface area contributed by atoms with Gasteiger partial charge in [0.1, 0.15) is 0 Å². The number of nitrogens with zero attached hydrogens (tertiary/aromatic N) is 5. The van der Waals surface area contributed by atoms with E-state index in [2.05, 4.69) is 51.9 Å². The molecule has 0 unspecified atom stereocenters. The van der Waals surface area contributed by atoms with E-state index in [1.165, 1.54) is 0 Å². The molecule has 0 aliphatic carbocycles. The van der Waals surface area contributed by atoms with Crippen molar-refractivity contribution >= 4 is 38.9 Å². The Morgan fingerprint density at radius 2 is 1.05 bits per heavy atom. The molecule has 176 valence electrons. The van der Waals surface area contributed by atoms with E-state index in [0.29, 0.717) is 16.7 Å². The summed E-state index contributed by atoms with van der Waals surface area (Å²) in [6.07, 6.45) is 0. The van der Waals surface area contributed by atoms with Gasteiger partial charge < -0.3 is 9.47 Å². The van der Waals surface area contributed by atoms with Crippen LogP contribution in [0.1, 0.15) is 16.7 Å². The maximum absolute atomic E-state index is 9.47. The van der Waals surface area contributed by atoms with E-state index in [1.54, 1.807) is 24.3 Å². The van der Waals surface area contributed by atoms with Crippen LogP contribution in [0.4, 0.5) is 17.1 Å². The Morgan fingerprint density at radius 3 is 1.68 bits per heavy atom. The van der Waals surface area contributed by atoms with Crippen LogP contribution in [0, 0.1) is 34.0 Å². The Labute approximate surface area is 219 Å². The number of para-hydroxylation sites is 1. The number of rotatable bonds is 4. The fourth-order valence-corrected chi connectivity index (χ4v) is 4.91. The van der Waals surface area contributed by atoms with Gasteiger partial charge in [-0.05, 0) is 91.0 Å². The molecule has 38 heavy (non-hydrogen) atoms. The summed E-state index contributed by atoms with van der Waals surface area (Å²) in [5.74, 6) is 0. The van der Waals surface area contributed by atoms with E-state index in [4.69, 9.17) is 0 Å². The highest BCUT2D eigenvalue weighted by Crippen LogP contribution is 2.38. The van der Waals surface area contributed by atoms with Crippen molar-refractivity contribution in [1.29, 1.82) is 15.8 Å². The highest BCUT2D eigenvalue weighted by Gasteiger charge is 2.16. The fourth-order valence-electron chi connectivity index (χ4n) is 4.91. The Bertz CT molecular complexity index is 1890. The molecule has 0 spiro atoms. The maximum atomic E-state index is 9.47. The normalized spacial score (nSPS) is 10.6. The quantitative estimate of drug-likeness (QED) is 0.254. The summed E-state index contributed by atoms with van der Waals surface area (Å²) < 4.78 is 2.21. The third-order valence-corrected chi connectivity index (χ3v) is 6.66. The number of hydrogen-bond acceptors (Lipinski definition) is 4. The van der Waals surface area contributed by atoms with Crippen LogP contribution in [0.2, 0.25) is 0 Å². The van der Waals surface area contributed by atoms with Crippen LogP contribution >= 0.6 is 0 Å². The zero-order valence-electron chi connectivity index (χ0n) is 20.2. The number of aromatic nitrogens is 1. The molecule has 0 fully saturated rings. The molecule has 1 aromatic heterocycles. The Morgan fingerprint density at radius 1 is 0.474 bits per heavy atom. The van der Waals surface area contributed by atoms with Gasteiger partial charge in [-0.15, -0.1) is 0 Å². The average Bonchev–Trinajstić information content (AvgIpc) is 3.32. The first-order valence-corrected chi connectivity index (χ1v) is 12.0. The van der Waals surface area contributed by atoms with Gasteiger partial charge in [0.15, 0.2) is 0 Å². The molecular formula is C33H19N5. The van der Waals surface area contributed by atoms with Crippen molar-refractivity contribution < 1.29 is 0 Å². The van der Waals surface area contributed by atoms with E-state index >= 15 is 0 Å². The molecule has 0 radical (unpaired) electrons.